The predicted octanol–water partition coefficient (Wildman–Crippen LogP) is 1.44. The number of aryl methyl sites for hydroxylation is 1. The Morgan fingerprint density at radius 2 is 2.14 bits per heavy atom. The van der Waals surface area contributed by atoms with Crippen molar-refractivity contribution in [3.05, 3.63) is 46.6 Å². The van der Waals surface area contributed by atoms with Crippen LogP contribution in [0, 0.1) is 5.92 Å². The van der Waals surface area contributed by atoms with Crippen molar-refractivity contribution in [2.24, 2.45) is 13.0 Å². The fraction of sp³-hybridized carbons (Fsp3) is 0.400. The van der Waals surface area contributed by atoms with Crippen LogP contribution in [0.5, 0.6) is 5.75 Å². The second-order valence-electron chi connectivity index (χ2n) is 7.71. The number of carbonyl (C=O) groups is 1. The standard InChI is InChI=1S/C20H22N6O3/c1-13-3-5-24(12-13)19(27)14-9-16-18(21-11-14)25(7-8-29-16)15-4-6-26-17(10-15)22-23(2)20(26)28/h4,6,9-11,13H,3,5,7-8,12H2,1-2H3/t13-/m1/s1. The third kappa shape index (κ3) is 2.93. The van der Waals surface area contributed by atoms with E-state index in [1.165, 1.54) is 9.08 Å². The summed E-state index contributed by atoms with van der Waals surface area (Å²) >= 11 is 0. The van der Waals surface area contributed by atoms with E-state index < -0.39 is 0 Å². The molecule has 0 saturated carbocycles. The maximum absolute atomic E-state index is 12.8. The summed E-state index contributed by atoms with van der Waals surface area (Å²) in [5, 5.41) is 4.25. The van der Waals surface area contributed by atoms with Gasteiger partial charge in [0.25, 0.3) is 5.91 Å². The van der Waals surface area contributed by atoms with E-state index in [1.807, 2.05) is 21.9 Å². The molecule has 1 atom stereocenters. The molecular weight excluding hydrogens is 372 g/mol. The minimum Gasteiger partial charge on any atom is -0.488 e. The van der Waals surface area contributed by atoms with Gasteiger partial charge in [-0.05, 0) is 24.5 Å². The predicted molar refractivity (Wildman–Crippen MR) is 107 cm³/mol. The van der Waals surface area contributed by atoms with Gasteiger partial charge in [0.2, 0.25) is 0 Å². The molecule has 2 aliphatic heterocycles. The van der Waals surface area contributed by atoms with Crippen molar-refractivity contribution in [1.29, 1.82) is 0 Å². The lowest BCUT2D eigenvalue weighted by atomic mass is 10.2. The third-order valence-corrected chi connectivity index (χ3v) is 5.58. The second-order valence-corrected chi connectivity index (χ2v) is 7.71. The molecular formula is C20H22N6O3. The highest BCUT2D eigenvalue weighted by Gasteiger charge is 2.27. The third-order valence-electron chi connectivity index (χ3n) is 5.58. The van der Waals surface area contributed by atoms with Gasteiger partial charge in [-0.3, -0.25) is 9.20 Å². The molecule has 3 aromatic heterocycles. The zero-order chi connectivity index (χ0) is 20.1. The molecule has 2 aliphatic rings. The lowest BCUT2D eigenvalue weighted by Gasteiger charge is -2.30. The van der Waals surface area contributed by atoms with Gasteiger partial charge in [0.1, 0.15) is 6.61 Å². The topological polar surface area (TPSA) is 85.0 Å². The number of anilines is 2. The Morgan fingerprint density at radius 3 is 2.93 bits per heavy atom. The summed E-state index contributed by atoms with van der Waals surface area (Å²) in [6, 6.07) is 5.49. The van der Waals surface area contributed by atoms with E-state index in [1.54, 1.807) is 25.5 Å². The number of nitrogens with zero attached hydrogens (tertiary/aromatic N) is 6. The summed E-state index contributed by atoms with van der Waals surface area (Å²) in [7, 11) is 1.63. The van der Waals surface area contributed by atoms with Gasteiger partial charge in [-0.1, -0.05) is 6.92 Å². The van der Waals surface area contributed by atoms with Gasteiger partial charge < -0.3 is 14.5 Å². The van der Waals surface area contributed by atoms with Gasteiger partial charge in [-0.15, -0.1) is 0 Å². The molecule has 0 N–H and O–H groups in total. The highest BCUT2D eigenvalue weighted by molar-refractivity contribution is 5.95. The van der Waals surface area contributed by atoms with Crippen molar-refractivity contribution in [2.45, 2.75) is 13.3 Å². The molecule has 9 heteroatoms. The molecule has 5 rings (SSSR count). The maximum Gasteiger partial charge on any atom is 0.350 e. The first-order valence-electron chi connectivity index (χ1n) is 9.76. The lowest BCUT2D eigenvalue weighted by Crippen LogP contribution is -2.31. The molecule has 3 aromatic rings. The molecule has 5 heterocycles. The number of fused-ring (bicyclic) bond motifs is 2. The number of ether oxygens (including phenoxy) is 1. The number of carbonyl (C=O) groups excluding carboxylic acids is 1. The van der Waals surface area contributed by atoms with E-state index in [4.69, 9.17) is 4.74 Å². The van der Waals surface area contributed by atoms with Gasteiger partial charge in [-0.2, -0.15) is 5.10 Å². The Kier molecular flexibility index (Phi) is 4.04. The molecule has 0 unspecified atom stereocenters. The fourth-order valence-corrected chi connectivity index (χ4v) is 4.01. The molecule has 0 spiro atoms. The number of hydrogen-bond acceptors (Lipinski definition) is 6. The van der Waals surface area contributed by atoms with Crippen LogP contribution in [0.25, 0.3) is 5.65 Å². The molecule has 9 nitrogen and oxygen atoms in total. The zero-order valence-corrected chi connectivity index (χ0v) is 16.4. The van der Waals surface area contributed by atoms with Crippen molar-refractivity contribution in [1.82, 2.24) is 24.1 Å². The molecule has 0 aromatic carbocycles. The average Bonchev–Trinajstić information content (AvgIpc) is 3.29. The summed E-state index contributed by atoms with van der Waals surface area (Å²) in [4.78, 5) is 33.3. The molecule has 150 valence electrons. The summed E-state index contributed by atoms with van der Waals surface area (Å²) in [6.45, 7) is 4.82. The average molecular weight is 394 g/mol. The molecule has 0 aliphatic carbocycles. The van der Waals surface area contributed by atoms with Crippen LogP contribution in [0.1, 0.15) is 23.7 Å². The van der Waals surface area contributed by atoms with Gasteiger partial charge in [-0.25, -0.2) is 14.5 Å². The summed E-state index contributed by atoms with van der Waals surface area (Å²) < 4.78 is 8.62. The van der Waals surface area contributed by atoms with Crippen LogP contribution in [0.3, 0.4) is 0 Å². The zero-order valence-electron chi connectivity index (χ0n) is 16.4. The molecule has 1 saturated heterocycles. The van der Waals surface area contributed by atoms with Crippen LogP contribution in [-0.2, 0) is 7.05 Å². The Bertz CT molecular complexity index is 1170. The highest BCUT2D eigenvalue weighted by atomic mass is 16.5. The van der Waals surface area contributed by atoms with Crippen molar-refractivity contribution in [3.8, 4) is 5.75 Å². The van der Waals surface area contributed by atoms with Crippen LogP contribution in [0.4, 0.5) is 11.5 Å². The Labute approximate surface area is 167 Å². The Morgan fingerprint density at radius 1 is 1.28 bits per heavy atom. The van der Waals surface area contributed by atoms with Crippen molar-refractivity contribution in [2.75, 3.05) is 31.1 Å². The minimum absolute atomic E-state index is 0.000321. The fourth-order valence-electron chi connectivity index (χ4n) is 4.01. The number of rotatable bonds is 2. The SMILES string of the molecule is C[C@@H]1CCN(C(=O)c2cnc3c(c2)OCCN3c2ccn3c(=O)n(C)nc3c2)C1. The van der Waals surface area contributed by atoms with Crippen LogP contribution >= 0.6 is 0 Å². The smallest absolute Gasteiger partial charge is 0.350 e. The van der Waals surface area contributed by atoms with Crippen LogP contribution in [-0.4, -0.2) is 56.2 Å². The van der Waals surface area contributed by atoms with Gasteiger partial charge in [0.05, 0.1) is 12.1 Å². The number of amides is 1. The quantitative estimate of drug-likeness (QED) is 0.654. The second kappa shape index (κ2) is 6.61. The first-order chi connectivity index (χ1) is 14.0. The van der Waals surface area contributed by atoms with Crippen molar-refractivity contribution >= 4 is 23.1 Å². The van der Waals surface area contributed by atoms with Gasteiger partial charge >= 0.3 is 5.69 Å². The highest BCUT2D eigenvalue weighted by Crippen LogP contribution is 2.35. The van der Waals surface area contributed by atoms with Gasteiger partial charge in [0.15, 0.2) is 17.2 Å². The first-order valence-corrected chi connectivity index (χ1v) is 9.76. The van der Waals surface area contributed by atoms with Crippen LogP contribution in [0.2, 0.25) is 0 Å². The first kappa shape index (κ1) is 17.7. The summed E-state index contributed by atoms with van der Waals surface area (Å²) in [5.74, 6) is 1.78. The number of aromatic nitrogens is 4. The number of hydrogen-bond donors (Lipinski definition) is 0. The van der Waals surface area contributed by atoms with E-state index in [2.05, 4.69) is 17.0 Å². The maximum atomic E-state index is 12.8. The van der Waals surface area contributed by atoms with E-state index in [0.29, 0.717) is 41.8 Å². The van der Waals surface area contributed by atoms with Crippen LogP contribution in [0.15, 0.2) is 35.4 Å². The van der Waals surface area contributed by atoms with Crippen LogP contribution < -0.4 is 15.3 Å². The molecule has 1 amide bonds. The minimum atomic E-state index is -0.188. The summed E-state index contributed by atoms with van der Waals surface area (Å²) in [6.07, 6.45) is 4.37. The van der Waals surface area contributed by atoms with E-state index in [9.17, 15) is 9.59 Å². The van der Waals surface area contributed by atoms with Crippen molar-refractivity contribution in [3.63, 3.8) is 0 Å². The normalized spacial score (nSPS) is 18.8. The van der Waals surface area contributed by atoms with E-state index in [-0.39, 0.29) is 11.6 Å². The summed E-state index contributed by atoms with van der Waals surface area (Å²) in [5.41, 5.74) is 1.79. The van der Waals surface area contributed by atoms with Gasteiger partial charge in [0, 0.05) is 44.3 Å². The van der Waals surface area contributed by atoms with E-state index >= 15 is 0 Å². The number of pyridine rings is 2. The monoisotopic (exact) mass is 394 g/mol. The lowest BCUT2D eigenvalue weighted by molar-refractivity contribution is 0.0787. The molecule has 0 radical (unpaired) electrons. The van der Waals surface area contributed by atoms with E-state index in [0.717, 1.165) is 25.2 Å². The largest absolute Gasteiger partial charge is 0.488 e. The molecule has 0 bridgehead atoms. The molecule has 29 heavy (non-hydrogen) atoms. The Hall–Kier alpha value is -3.36. The number of likely N-dealkylation sites (tertiary alicyclic amines) is 1. The Balaban J connectivity index is 1.48. The van der Waals surface area contributed by atoms with Crippen molar-refractivity contribution < 1.29 is 9.53 Å². The molecule has 1 fully saturated rings.